The molecule has 1 saturated heterocycles. The second-order valence-corrected chi connectivity index (χ2v) is 8.99. The second-order valence-electron chi connectivity index (χ2n) is 6.88. The minimum atomic E-state index is -0.311. The molecule has 3 aromatic carbocycles. The Morgan fingerprint density at radius 2 is 1.61 bits per heavy atom. The van der Waals surface area contributed by atoms with E-state index in [1.807, 2.05) is 54.6 Å². The number of amides is 1. The molecule has 3 aromatic rings. The molecule has 7 heteroatoms. The molecule has 0 aromatic heterocycles. The normalized spacial score (nSPS) is 15.0. The molecule has 1 fully saturated rings. The van der Waals surface area contributed by atoms with Gasteiger partial charge in [-0.3, -0.25) is 9.69 Å². The van der Waals surface area contributed by atoms with Gasteiger partial charge in [-0.15, -0.1) is 0 Å². The highest BCUT2D eigenvalue weighted by molar-refractivity contribution is 8.26. The number of thioether (sulfide) groups is 1. The predicted octanol–water partition coefficient (Wildman–Crippen LogP) is 6.46. The van der Waals surface area contributed by atoms with Crippen molar-refractivity contribution >= 4 is 51.9 Å². The molecule has 0 N–H and O–H groups in total. The molecule has 0 bridgehead atoms. The molecule has 4 rings (SSSR count). The van der Waals surface area contributed by atoms with Crippen molar-refractivity contribution in [1.29, 1.82) is 0 Å². The zero-order valence-corrected chi connectivity index (χ0v) is 18.6. The monoisotopic (exact) mass is 469 g/mol. The Bertz CT molecular complexity index is 1130. The second kappa shape index (κ2) is 9.64. The first-order valence-corrected chi connectivity index (χ1v) is 11.1. The lowest BCUT2D eigenvalue weighted by Gasteiger charge is -2.14. The molecule has 0 aliphatic carbocycles. The van der Waals surface area contributed by atoms with Crippen molar-refractivity contribution in [2.24, 2.45) is 0 Å². The fourth-order valence-corrected chi connectivity index (χ4v) is 4.35. The van der Waals surface area contributed by atoms with Gasteiger partial charge in [0.1, 0.15) is 22.5 Å². The van der Waals surface area contributed by atoms with Crippen LogP contribution < -0.4 is 4.74 Å². The van der Waals surface area contributed by atoms with Crippen LogP contribution in [0.25, 0.3) is 6.08 Å². The molecule has 0 unspecified atom stereocenters. The van der Waals surface area contributed by atoms with Gasteiger partial charge >= 0.3 is 0 Å². The Balaban J connectivity index is 1.39. The lowest BCUT2D eigenvalue weighted by molar-refractivity contribution is -0.122. The summed E-state index contributed by atoms with van der Waals surface area (Å²) >= 11 is 12.5. The van der Waals surface area contributed by atoms with Gasteiger partial charge in [-0.1, -0.05) is 72.0 Å². The third-order valence-corrected chi connectivity index (χ3v) is 6.25. The zero-order chi connectivity index (χ0) is 21.8. The van der Waals surface area contributed by atoms with E-state index < -0.39 is 0 Å². The molecular formula is C24H17ClFNO2S2. The van der Waals surface area contributed by atoms with Gasteiger partial charge in [0.05, 0.1) is 11.4 Å². The van der Waals surface area contributed by atoms with Crippen LogP contribution in [0.15, 0.2) is 77.7 Å². The number of hydrogen-bond donors (Lipinski definition) is 0. The van der Waals surface area contributed by atoms with E-state index in [0.29, 0.717) is 27.4 Å². The van der Waals surface area contributed by atoms with E-state index in [1.54, 1.807) is 12.1 Å². The summed E-state index contributed by atoms with van der Waals surface area (Å²) in [5, 5.41) is 0.691. The Morgan fingerprint density at radius 3 is 2.29 bits per heavy atom. The van der Waals surface area contributed by atoms with Crippen molar-refractivity contribution < 1.29 is 13.9 Å². The summed E-state index contributed by atoms with van der Waals surface area (Å²) in [6, 6.07) is 21.1. The van der Waals surface area contributed by atoms with Crippen molar-refractivity contribution in [1.82, 2.24) is 4.90 Å². The van der Waals surface area contributed by atoms with Gasteiger partial charge in [-0.2, -0.15) is 0 Å². The van der Waals surface area contributed by atoms with E-state index in [2.05, 4.69) is 0 Å². The lowest BCUT2D eigenvalue weighted by Crippen LogP contribution is -2.27. The number of halogens is 2. The fourth-order valence-electron chi connectivity index (χ4n) is 2.97. The summed E-state index contributed by atoms with van der Waals surface area (Å²) < 4.78 is 19.4. The molecule has 0 radical (unpaired) electrons. The molecular weight excluding hydrogens is 453 g/mol. The van der Waals surface area contributed by atoms with E-state index >= 15 is 0 Å². The number of ether oxygens (including phenoxy) is 1. The Morgan fingerprint density at radius 1 is 0.968 bits per heavy atom. The van der Waals surface area contributed by atoms with E-state index in [0.717, 1.165) is 22.4 Å². The molecule has 0 saturated carbocycles. The average molecular weight is 470 g/mol. The van der Waals surface area contributed by atoms with Crippen molar-refractivity contribution in [2.45, 2.75) is 13.2 Å². The smallest absolute Gasteiger partial charge is 0.266 e. The quantitative estimate of drug-likeness (QED) is 0.306. The van der Waals surface area contributed by atoms with Crippen LogP contribution in [-0.2, 0) is 17.9 Å². The lowest BCUT2D eigenvalue weighted by atomic mass is 10.2. The van der Waals surface area contributed by atoms with Crippen LogP contribution in [0.1, 0.15) is 16.7 Å². The molecule has 1 amide bonds. The number of hydrogen-bond acceptors (Lipinski definition) is 4. The van der Waals surface area contributed by atoms with Gasteiger partial charge in [0, 0.05) is 5.02 Å². The van der Waals surface area contributed by atoms with Crippen LogP contribution >= 0.6 is 35.6 Å². The van der Waals surface area contributed by atoms with Gasteiger partial charge < -0.3 is 4.74 Å². The minimum Gasteiger partial charge on any atom is -0.489 e. The number of nitrogens with zero attached hydrogens (tertiary/aromatic N) is 1. The van der Waals surface area contributed by atoms with Gasteiger partial charge in [-0.05, 0) is 59.2 Å². The molecule has 0 atom stereocenters. The minimum absolute atomic E-state index is 0.151. The summed E-state index contributed by atoms with van der Waals surface area (Å²) in [6.45, 7) is 0.762. The van der Waals surface area contributed by atoms with E-state index in [-0.39, 0.29) is 11.7 Å². The van der Waals surface area contributed by atoms with E-state index in [1.165, 1.54) is 28.8 Å². The van der Waals surface area contributed by atoms with Crippen molar-refractivity contribution in [3.05, 3.63) is 105 Å². The van der Waals surface area contributed by atoms with Crippen LogP contribution in [0.2, 0.25) is 5.02 Å². The van der Waals surface area contributed by atoms with Gasteiger partial charge in [0.2, 0.25) is 0 Å². The first-order chi connectivity index (χ1) is 15.0. The van der Waals surface area contributed by atoms with Gasteiger partial charge in [0.25, 0.3) is 5.91 Å². The molecule has 0 spiro atoms. The zero-order valence-electron chi connectivity index (χ0n) is 16.3. The Kier molecular flexibility index (Phi) is 6.70. The van der Waals surface area contributed by atoms with Crippen LogP contribution in [0.4, 0.5) is 4.39 Å². The number of thiocarbonyl (C=S) groups is 1. The number of carbonyl (C=O) groups excluding carboxylic acids is 1. The van der Waals surface area contributed by atoms with E-state index in [4.69, 9.17) is 28.6 Å². The van der Waals surface area contributed by atoms with Crippen LogP contribution in [0.5, 0.6) is 5.75 Å². The highest BCUT2D eigenvalue weighted by Crippen LogP contribution is 2.33. The summed E-state index contributed by atoms with van der Waals surface area (Å²) in [5.74, 6) is 0.271. The number of carbonyl (C=O) groups is 1. The highest BCUT2D eigenvalue weighted by atomic mass is 35.5. The molecule has 1 aliphatic rings. The topological polar surface area (TPSA) is 29.5 Å². The first kappa shape index (κ1) is 21.6. The standard InChI is InChI=1S/C24H17ClFNO2S2/c25-19-7-1-18(2-8-19)15-29-21-11-5-16(6-12-21)13-22-23(28)27(24(30)31-22)14-17-3-9-20(26)10-4-17/h1-13H,14-15H2/b22-13-. The molecule has 156 valence electrons. The number of rotatable bonds is 6. The maximum absolute atomic E-state index is 13.1. The summed E-state index contributed by atoms with van der Waals surface area (Å²) in [6.07, 6.45) is 1.81. The molecule has 31 heavy (non-hydrogen) atoms. The van der Waals surface area contributed by atoms with Crippen molar-refractivity contribution in [3.8, 4) is 5.75 Å². The third-order valence-electron chi connectivity index (χ3n) is 4.62. The predicted molar refractivity (Wildman–Crippen MR) is 127 cm³/mol. The fraction of sp³-hybridized carbons (Fsp3) is 0.0833. The SMILES string of the molecule is O=C1/C(=C/c2ccc(OCc3ccc(Cl)cc3)cc2)SC(=S)N1Cc1ccc(F)cc1. The largest absolute Gasteiger partial charge is 0.489 e. The summed E-state index contributed by atoms with van der Waals surface area (Å²) in [7, 11) is 0. The first-order valence-electron chi connectivity index (χ1n) is 9.45. The van der Waals surface area contributed by atoms with Gasteiger partial charge in [0.15, 0.2) is 0 Å². The third kappa shape index (κ3) is 5.53. The Hall–Kier alpha value is -2.67. The molecule has 3 nitrogen and oxygen atoms in total. The van der Waals surface area contributed by atoms with Crippen LogP contribution in [0.3, 0.4) is 0 Å². The van der Waals surface area contributed by atoms with Crippen molar-refractivity contribution in [3.63, 3.8) is 0 Å². The van der Waals surface area contributed by atoms with E-state index in [9.17, 15) is 9.18 Å². The van der Waals surface area contributed by atoms with Gasteiger partial charge in [-0.25, -0.2) is 4.39 Å². The molecule has 1 heterocycles. The summed E-state index contributed by atoms with van der Waals surface area (Å²) in [5.41, 5.74) is 2.72. The van der Waals surface area contributed by atoms with Crippen LogP contribution in [-0.4, -0.2) is 15.1 Å². The maximum atomic E-state index is 13.1. The number of benzene rings is 3. The Labute approximate surface area is 194 Å². The summed E-state index contributed by atoms with van der Waals surface area (Å²) in [4.78, 5) is 14.9. The molecule has 1 aliphatic heterocycles. The maximum Gasteiger partial charge on any atom is 0.266 e. The average Bonchev–Trinajstić information content (AvgIpc) is 3.03. The highest BCUT2D eigenvalue weighted by Gasteiger charge is 2.31. The van der Waals surface area contributed by atoms with Crippen LogP contribution in [0, 0.1) is 5.82 Å². The van der Waals surface area contributed by atoms with Crippen molar-refractivity contribution in [2.75, 3.05) is 0 Å².